The lowest BCUT2D eigenvalue weighted by atomic mass is 10.1. The number of nitrogens with zero attached hydrogens (tertiary/aromatic N) is 1. The van der Waals surface area contributed by atoms with Crippen molar-refractivity contribution in [3.63, 3.8) is 0 Å². The Morgan fingerprint density at radius 3 is 2.90 bits per heavy atom. The van der Waals surface area contributed by atoms with Gasteiger partial charge >= 0.3 is 0 Å². The molecule has 112 valence electrons. The van der Waals surface area contributed by atoms with E-state index in [9.17, 15) is 4.39 Å². The average Bonchev–Trinajstić information content (AvgIpc) is 2.63. The Morgan fingerprint density at radius 2 is 2.15 bits per heavy atom. The number of hydrogen-bond donors (Lipinski definition) is 1. The van der Waals surface area contributed by atoms with Crippen molar-refractivity contribution in [3.8, 4) is 5.75 Å². The molecule has 1 aromatic rings. The summed E-state index contributed by atoms with van der Waals surface area (Å²) in [5, 5.41) is 0. The van der Waals surface area contributed by atoms with Crippen LogP contribution in [-0.4, -0.2) is 19.2 Å². The average molecular weight is 280 g/mol. The summed E-state index contributed by atoms with van der Waals surface area (Å²) in [5.41, 5.74) is 7.44. The first-order valence-corrected chi connectivity index (χ1v) is 7.62. The molecule has 1 heterocycles. The third-order valence-electron chi connectivity index (χ3n) is 3.91. The van der Waals surface area contributed by atoms with Crippen LogP contribution in [0.25, 0.3) is 0 Å². The molecule has 1 saturated heterocycles. The van der Waals surface area contributed by atoms with E-state index < -0.39 is 0 Å². The first kappa shape index (κ1) is 14.9. The van der Waals surface area contributed by atoms with Crippen molar-refractivity contribution in [2.45, 2.75) is 52.0 Å². The van der Waals surface area contributed by atoms with Crippen LogP contribution in [0.5, 0.6) is 5.75 Å². The second-order valence-corrected chi connectivity index (χ2v) is 5.58. The molecule has 4 heteroatoms. The molecule has 1 aliphatic heterocycles. The highest BCUT2D eigenvalue weighted by Crippen LogP contribution is 2.34. The zero-order chi connectivity index (χ0) is 14.5. The molecular weight excluding hydrogens is 255 g/mol. The van der Waals surface area contributed by atoms with E-state index in [1.807, 2.05) is 6.92 Å². The number of rotatable bonds is 4. The molecule has 0 radical (unpaired) electrons. The summed E-state index contributed by atoms with van der Waals surface area (Å²) < 4.78 is 19.4. The Morgan fingerprint density at radius 1 is 1.35 bits per heavy atom. The monoisotopic (exact) mass is 280 g/mol. The van der Waals surface area contributed by atoms with E-state index in [1.54, 1.807) is 6.07 Å². The molecule has 20 heavy (non-hydrogen) atoms. The van der Waals surface area contributed by atoms with Crippen LogP contribution >= 0.6 is 0 Å². The van der Waals surface area contributed by atoms with Crippen LogP contribution in [-0.2, 0) is 0 Å². The van der Waals surface area contributed by atoms with Gasteiger partial charge in [0.25, 0.3) is 0 Å². The SMILES string of the molecule is CCCOc1cc(N2CCCCCC2C)c(N)cc1F. The fraction of sp³-hybridized carbons (Fsp3) is 0.625. The summed E-state index contributed by atoms with van der Waals surface area (Å²) in [5.74, 6) is -0.0605. The quantitative estimate of drug-likeness (QED) is 0.848. The van der Waals surface area contributed by atoms with Gasteiger partial charge in [-0.3, -0.25) is 0 Å². The van der Waals surface area contributed by atoms with Crippen LogP contribution in [0.2, 0.25) is 0 Å². The van der Waals surface area contributed by atoms with Gasteiger partial charge in [0.15, 0.2) is 11.6 Å². The molecule has 0 saturated carbocycles. The molecule has 1 aromatic carbocycles. The summed E-state index contributed by atoms with van der Waals surface area (Å²) in [6.45, 7) is 5.72. The fourth-order valence-corrected chi connectivity index (χ4v) is 2.76. The van der Waals surface area contributed by atoms with E-state index >= 15 is 0 Å². The Hall–Kier alpha value is -1.45. The number of nitrogen functional groups attached to an aromatic ring is 1. The largest absolute Gasteiger partial charge is 0.490 e. The number of ether oxygens (including phenoxy) is 1. The maximum Gasteiger partial charge on any atom is 0.167 e. The Balaban J connectivity index is 2.29. The van der Waals surface area contributed by atoms with E-state index in [2.05, 4.69) is 11.8 Å². The van der Waals surface area contributed by atoms with Crippen molar-refractivity contribution < 1.29 is 9.13 Å². The summed E-state index contributed by atoms with van der Waals surface area (Å²) >= 11 is 0. The van der Waals surface area contributed by atoms with Crippen molar-refractivity contribution in [2.24, 2.45) is 0 Å². The molecule has 1 aliphatic rings. The predicted molar refractivity (Wildman–Crippen MR) is 81.9 cm³/mol. The van der Waals surface area contributed by atoms with Gasteiger partial charge < -0.3 is 15.4 Å². The highest BCUT2D eigenvalue weighted by Gasteiger charge is 2.21. The number of halogens is 1. The molecule has 0 aliphatic carbocycles. The second-order valence-electron chi connectivity index (χ2n) is 5.58. The smallest absolute Gasteiger partial charge is 0.167 e. The van der Waals surface area contributed by atoms with Crippen molar-refractivity contribution >= 4 is 11.4 Å². The highest BCUT2D eigenvalue weighted by molar-refractivity contribution is 5.70. The third-order valence-corrected chi connectivity index (χ3v) is 3.91. The van der Waals surface area contributed by atoms with E-state index in [-0.39, 0.29) is 5.82 Å². The fourth-order valence-electron chi connectivity index (χ4n) is 2.76. The molecule has 0 spiro atoms. The number of hydrogen-bond acceptors (Lipinski definition) is 3. The molecule has 0 amide bonds. The molecule has 3 nitrogen and oxygen atoms in total. The van der Waals surface area contributed by atoms with Crippen LogP contribution in [0.15, 0.2) is 12.1 Å². The summed E-state index contributed by atoms with van der Waals surface area (Å²) in [6.07, 6.45) is 5.67. The van der Waals surface area contributed by atoms with Crippen LogP contribution in [0.1, 0.15) is 46.0 Å². The second kappa shape index (κ2) is 6.82. The van der Waals surface area contributed by atoms with Gasteiger partial charge in [-0.25, -0.2) is 4.39 Å². The standard InChI is InChI=1S/C16H25FN2O/c1-3-9-20-16-11-15(14(18)10-13(16)17)19-8-6-4-5-7-12(19)2/h10-12H,3-9,18H2,1-2H3. The van der Waals surface area contributed by atoms with E-state index in [1.165, 1.54) is 18.9 Å². The van der Waals surface area contributed by atoms with Crippen LogP contribution in [0, 0.1) is 5.82 Å². The van der Waals surface area contributed by atoms with Gasteiger partial charge in [0.1, 0.15) is 0 Å². The molecule has 2 rings (SSSR count). The van der Waals surface area contributed by atoms with Gasteiger partial charge in [0.05, 0.1) is 18.0 Å². The lowest BCUT2D eigenvalue weighted by molar-refractivity contribution is 0.301. The lowest BCUT2D eigenvalue weighted by Crippen LogP contribution is -2.33. The highest BCUT2D eigenvalue weighted by atomic mass is 19.1. The summed E-state index contributed by atoms with van der Waals surface area (Å²) in [4.78, 5) is 2.29. The van der Waals surface area contributed by atoms with Crippen molar-refractivity contribution in [3.05, 3.63) is 17.9 Å². The molecule has 1 fully saturated rings. The normalized spacial score (nSPS) is 19.8. The van der Waals surface area contributed by atoms with E-state index in [0.717, 1.165) is 31.5 Å². The number of benzene rings is 1. The molecule has 1 atom stereocenters. The van der Waals surface area contributed by atoms with E-state index in [4.69, 9.17) is 10.5 Å². The maximum absolute atomic E-state index is 13.9. The minimum atomic E-state index is -0.373. The van der Waals surface area contributed by atoms with Crippen LogP contribution in [0.3, 0.4) is 0 Å². The zero-order valence-electron chi connectivity index (χ0n) is 12.5. The van der Waals surface area contributed by atoms with Crippen molar-refractivity contribution in [2.75, 3.05) is 23.8 Å². The Kier molecular flexibility index (Phi) is 5.10. The number of anilines is 2. The summed E-state index contributed by atoms with van der Waals surface area (Å²) in [6, 6.07) is 3.59. The van der Waals surface area contributed by atoms with E-state index in [0.29, 0.717) is 24.1 Å². The van der Waals surface area contributed by atoms with Crippen molar-refractivity contribution in [1.82, 2.24) is 0 Å². The number of nitrogens with two attached hydrogens (primary N) is 1. The topological polar surface area (TPSA) is 38.5 Å². The van der Waals surface area contributed by atoms with Gasteiger partial charge in [-0.05, 0) is 26.2 Å². The Labute approximate surface area is 120 Å². The minimum Gasteiger partial charge on any atom is -0.490 e. The molecule has 2 N–H and O–H groups in total. The van der Waals surface area contributed by atoms with Crippen LogP contribution < -0.4 is 15.4 Å². The predicted octanol–water partition coefficient (Wildman–Crippen LogP) is 3.97. The molecule has 0 bridgehead atoms. The summed E-state index contributed by atoms with van der Waals surface area (Å²) in [7, 11) is 0. The van der Waals surface area contributed by atoms with Crippen molar-refractivity contribution in [1.29, 1.82) is 0 Å². The first-order valence-electron chi connectivity index (χ1n) is 7.62. The molecular formula is C16H25FN2O. The molecule has 0 aromatic heterocycles. The Bertz CT molecular complexity index is 450. The van der Waals surface area contributed by atoms with Gasteiger partial charge in [-0.2, -0.15) is 0 Å². The lowest BCUT2D eigenvalue weighted by Gasteiger charge is -2.31. The van der Waals surface area contributed by atoms with Gasteiger partial charge in [0.2, 0.25) is 0 Å². The minimum absolute atomic E-state index is 0.312. The third kappa shape index (κ3) is 3.35. The van der Waals surface area contributed by atoms with Gasteiger partial charge in [-0.1, -0.05) is 19.8 Å². The maximum atomic E-state index is 13.9. The molecule has 1 unspecified atom stereocenters. The van der Waals surface area contributed by atoms with Crippen LogP contribution in [0.4, 0.5) is 15.8 Å². The first-order chi connectivity index (χ1) is 9.63. The van der Waals surface area contributed by atoms with Gasteiger partial charge in [-0.15, -0.1) is 0 Å². The van der Waals surface area contributed by atoms with Gasteiger partial charge in [0, 0.05) is 24.7 Å². The zero-order valence-corrected chi connectivity index (χ0v) is 12.5.